The fourth-order valence-corrected chi connectivity index (χ4v) is 4.21. The first-order valence-corrected chi connectivity index (χ1v) is 11.2. The molecule has 33 heavy (non-hydrogen) atoms. The van der Waals surface area contributed by atoms with Crippen LogP contribution in [-0.2, 0) is 6.54 Å². The number of nitrogen functional groups attached to an aromatic ring is 1. The van der Waals surface area contributed by atoms with E-state index in [1.165, 1.54) is 30.2 Å². The lowest BCUT2D eigenvalue weighted by Gasteiger charge is -2.31. The summed E-state index contributed by atoms with van der Waals surface area (Å²) < 4.78 is 6.08. The topological polar surface area (TPSA) is 140 Å². The standard InChI is InChI=1S/C20H23Cl2N9O2/c1-30(13-7-3-2-4-8-13)11-15-17(25-29-31(15)19-18(23)27-33-28-19)20(32)26-24-10-12-6-5-9-14(21)16(12)22/h5-6,9-10,13H,2-4,7-8,11H2,1H3,(H2,23,27)(H,26,32)/b24-10+. The summed E-state index contributed by atoms with van der Waals surface area (Å²) in [6, 6.07) is 5.52. The number of carbonyl (C=O) groups is 1. The molecular weight excluding hydrogens is 469 g/mol. The molecule has 1 aliphatic rings. The summed E-state index contributed by atoms with van der Waals surface area (Å²) in [6.45, 7) is 0.399. The van der Waals surface area contributed by atoms with Crippen molar-refractivity contribution >= 4 is 41.1 Å². The highest BCUT2D eigenvalue weighted by Crippen LogP contribution is 2.25. The Hall–Kier alpha value is -3.02. The number of hydrogen-bond acceptors (Lipinski definition) is 9. The highest BCUT2D eigenvalue weighted by atomic mass is 35.5. The summed E-state index contributed by atoms with van der Waals surface area (Å²) in [4.78, 5) is 15.1. The van der Waals surface area contributed by atoms with Crippen LogP contribution in [0.3, 0.4) is 0 Å². The Morgan fingerprint density at radius 2 is 2.12 bits per heavy atom. The molecule has 1 aromatic carbocycles. The van der Waals surface area contributed by atoms with Crippen LogP contribution >= 0.6 is 23.2 Å². The lowest BCUT2D eigenvalue weighted by Crippen LogP contribution is -2.34. The number of carbonyl (C=O) groups excluding carboxylic acids is 1. The first-order valence-electron chi connectivity index (χ1n) is 10.5. The summed E-state index contributed by atoms with van der Waals surface area (Å²) in [7, 11) is 2.01. The molecule has 0 unspecified atom stereocenters. The Bertz CT molecular complexity index is 1150. The maximum Gasteiger partial charge on any atom is 0.293 e. The van der Waals surface area contributed by atoms with Crippen molar-refractivity contribution in [2.24, 2.45) is 5.10 Å². The molecule has 0 saturated heterocycles. The van der Waals surface area contributed by atoms with Gasteiger partial charge in [-0.15, -0.1) is 5.10 Å². The lowest BCUT2D eigenvalue weighted by atomic mass is 9.94. The van der Waals surface area contributed by atoms with Gasteiger partial charge in [0.05, 0.1) is 22.0 Å². The van der Waals surface area contributed by atoms with Crippen molar-refractivity contribution in [3.8, 4) is 5.82 Å². The average Bonchev–Trinajstić information content (AvgIpc) is 3.42. The number of nitrogens with one attached hydrogen (secondary N) is 1. The van der Waals surface area contributed by atoms with Crippen molar-refractivity contribution in [2.45, 2.75) is 44.7 Å². The zero-order valence-electron chi connectivity index (χ0n) is 17.9. The third kappa shape index (κ3) is 5.15. The molecule has 2 heterocycles. The molecule has 1 amide bonds. The van der Waals surface area contributed by atoms with E-state index in [4.69, 9.17) is 33.6 Å². The molecule has 11 nitrogen and oxygen atoms in total. The van der Waals surface area contributed by atoms with E-state index in [1.807, 2.05) is 7.05 Å². The number of nitrogens with two attached hydrogens (primary N) is 1. The Morgan fingerprint density at radius 1 is 1.33 bits per heavy atom. The number of rotatable bonds is 7. The van der Waals surface area contributed by atoms with Gasteiger partial charge in [0.25, 0.3) is 5.91 Å². The predicted molar refractivity (Wildman–Crippen MR) is 123 cm³/mol. The first kappa shape index (κ1) is 23.1. The zero-order chi connectivity index (χ0) is 23.4. The molecule has 0 bridgehead atoms. The maximum absolute atomic E-state index is 12.9. The number of hydrazone groups is 1. The molecule has 13 heteroatoms. The zero-order valence-corrected chi connectivity index (χ0v) is 19.4. The SMILES string of the molecule is CN(Cc1c(C(=O)N/N=C/c2cccc(Cl)c2Cl)nnn1-c1nonc1N)C1CCCCC1. The smallest absolute Gasteiger partial charge is 0.293 e. The lowest BCUT2D eigenvalue weighted by molar-refractivity contribution is 0.0947. The van der Waals surface area contributed by atoms with E-state index in [1.54, 1.807) is 18.2 Å². The second kappa shape index (κ2) is 10.3. The number of halogens is 2. The van der Waals surface area contributed by atoms with Gasteiger partial charge in [-0.2, -0.15) is 9.78 Å². The second-order valence-corrected chi connectivity index (χ2v) is 8.60. The highest BCUT2D eigenvalue weighted by Gasteiger charge is 2.27. The molecule has 3 N–H and O–H groups in total. The third-order valence-corrected chi connectivity index (χ3v) is 6.46. The van der Waals surface area contributed by atoms with Crippen molar-refractivity contribution in [3.63, 3.8) is 0 Å². The fourth-order valence-electron chi connectivity index (χ4n) is 3.85. The molecule has 0 radical (unpaired) electrons. The third-order valence-electron chi connectivity index (χ3n) is 5.62. The molecular formula is C20H23Cl2N9O2. The van der Waals surface area contributed by atoms with Crippen LogP contribution in [0.25, 0.3) is 5.82 Å². The molecule has 174 valence electrons. The minimum Gasteiger partial charge on any atom is -0.378 e. The summed E-state index contributed by atoms with van der Waals surface area (Å²) in [5.41, 5.74) is 9.47. The van der Waals surface area contributed by atoms with Gasteiger partial charge >= 0.3 is 0 Å². The van der Waals surface area contributed by atoms with Gasteiger partial charge in [0.15, 0.2) is 5.69 Å². The number of nitrogens with zero attached hydrogens (tertiary/aromatic N) is 7. The quantitative estimate of drug-likeness (QED) is 0.379. The van der Waals surface area contributed by atoms with E-state index >= 15 is 0 Å². The van der Waals surface area contributed by atoms with Crippen LogP contribution in [0, 0.1) is 0 Å². The molecule has 2 aromatic heterocycles. The predicted octanol–water partition coefficient (Wildman–Crippen LogP) is 3.07. The molecule has 0 spiro atoms. The van der Waals surface area contributed by atoms with Gasteiger partial charge in [-0.05, 0) is 36.3 Å². The largest absolute Gasteiger partial charge is 0.378 e. The summed E-state index contributed by atoms with van der Waals surface area (Å²) in [5, 5.41) is 20.3. The van der Waals surface area contributed by atoms with Gasteiger partial charge < -0.3 is 5.73 Å². The molecule has 0 atom stereocenters. The van der Waals surface area contributed by atoms with Crippen molar-refractivity contribution in [1.82, 2.24) is 35.6 Å². The van der Waals surface area contributed by atoms with Gasteiger partial charge in [-0.3, -0.25) is 9.69 Å². The number of amides is 1. The molecule has 1 saturated carbocycles. The monoisotopic (exact) mass is 491 g/mol. The summed E-state index contributed by atoms with van der Waals surface area (Å²) >= 11 is 12.2. The molecule has 1 aliphatic carbocycles. The van der Waals surface area contributed by atoms with Gasteiger partial charge in [0, 0.05) is 18.2 Å². The van der Waals surface area contributed by atoms with Crippen LogP contribution in [0.4, 0.5) is 5.82 Å². The van der Waals surface area contributed by atoms with Crippen LogP contribution < -0.4 is 11.2 Å². The molecule has 1 fully saturated rings. The van der Waals surface area contributed by atoms with Crippen LogP contribution in [0.1, 0.15) is 53.8 Å². The van der Waals surface area contributed by atoms with E-state index in [-0.39, 0.29) is 17.3 Å². The Balaban J connectivity index is 1.58. The Kier molecular flexibility index (Phi) is 7.21. The number of benzene rings is 1. The summed E-state index contributed by atoms with van der Waals surface area (Å²) in [5.74, 6) is -0.331. The van der Waals surface area contributed by atoms with Crippen molar-refractivity contribution in [1.29, 1.82) is 0 Å². The normalized spacial score (nSPS) is 14.9. The number of anilines is 1. The number of aromatic nitrogens is 5. The van der Waals surface area contributed by atoms with Crippen molar-refractivity contribution in [3.05, 3.63) is 45.2 Å². The van der Waals surface area contributed by atoms with Crippen LogP contribution in [0.15, 0.2) is 27.9 Å². The summed E-state index contributed by atoms with van der Waals surface area (Å²) in [6.07, 6.45) is 7.20. The van der Waals surface area contributed by atoms with Crippen LogP contribution in [0.2, 0.25) is 10.0 Å². The minimum atomic E-state index is -0.544. The van der Waals surface area contributed by atoms with Gasteiger partial charge in [-0.1, -0.05) is 59.8 Å². The molecule has 3 aromatic rings. The van der Waals surface area contributed by atoms with E-state index in [0.717, 1.165) is 12.8 Å². The highest BCUT2D eigenvalue weighted by molar-refractivity contribution is 6.43. The minimum absolute atomic E-state index is 0.0436. The van der Waals surface area contributed by atoms with E-state index < -0.39 is 5.91 Å². The average molecular weight is 492 g/mol. The van der Waals surface area contributed by atoms with Crippen LogP contribution in [-0.4, -0.2) is 55.4 Å². The van der Waals surface area contributed by atoms with Crippen molar-refractivity contribution in [2.75, 3.05) is 12.8 Å². The van der Waals surface area contributed by atoms with Gasteiger partial charge in [0.1, 0.15) is 0 Å². The van der Waals surface area contributed by atoms with E-state index in [2.05, 4.69) is 36.1 Å². The molecule has 0 aliphatic heterocycles. The Morgan fingerprint density at radius 3 is 2.85 bits per heavy atom. The first-order chi connectivity index (χ1) is 16.0. The number of hydrogen-bond donors (Lipinski definition) is 2. The van der Waals surface area contributed by atoms with Gasteiger partial charge in [-0.25, -0.2) is 10.1 Å². The second-order valence-electron chi connectivity index (χ2n) is 7.82. The van der Waals surface area contributed by atoms with Crippen LogP contribution in [0.5, 0.6) is 0 Å². The molecule has 4 rings (SSSR count). The van der Waals surface area contributed by atoms with E-state index in [0.29, 0.717) is 33.9 Å². The fraction of sp³-hybridized carbons (Fsp3) is 0.400. The maximum atomic E-state index is 12.9. The van der Waals surface area contributed by atoms with E-state index in [9.17, 15) is 4.79 Å². The van der Waals surface area contributed by atoms with Crippen molar-refractivity contribution < 1.29 is 9.42 Å². The van der Waals surface area contributed by atoms with Gasteiger partial charge in [0.2, 0.25) is 11.6 Å². The Labute approximate surface area is 199 Å².